The molecule has 2 heterocycles. The second kappa shape index (κ2) is 5.45. The molecule has 0 spiro atoms. The van der Waals surface area contributed by atoms with Gasteiger partial charge < -0.3 is 9.84 Å². The molecule has 0 saturated carbocycles. The van der Waals surface area contributed by atoms with E-state index in [0.717, 1.165) is 11.2 Å². The number of carbonyl (C=O) groups excluding carboxylic acids is 1. The molecular formula is C11H13F2N3O3. The summed E-state index contributed by atoms with van der Waals surface area (Å²) in [7, 11) is 0. The average molecular weight is 273 g/mol. The van der Waals surface area contributed by atoms with Crippen LogP contribution in [0.2, 0.25) is 0 Å². The Morgan fingerprint density at radius 2 is 2.42 bits per heavy atom. The van der Waals surface area contributed by atoms with Crippen LogP contribution in [0.15, 0.2) is 12.3 Å². The van der Waals surface area contributed by atoms with Gasteiger partial charge >= 0.3 is 5.97 Å². The summed E-state index contributed by atoms with van der Waals surface area (Å²) in [5.74, 6) is -2.64. The van der Waals surface area contributed by atoms with Gasteiger partial charge in [0.1, 0.15) is 18.1 Å². The highest BCUT2D eigenvalue weighted by Crippen LogP contribution is 2.24. The molecule has 0 aliphatic carbocycles. The normalized spacial score (nSPS) is 22.6. The number of aromatic nitrogens is 1. The molecule has 0 amide bonds. The second-order valence-electron chi connectivity index (χ2n) is 3.98. The van der Waals surface area contributed by atoms with E-state index in [2.05, 4.69) is 10.4 Å². The number of hydrogen-bond acceptors (Lipinski definition) is 6. The molecular weight excluding hydrogens is 260 g/mol. The van der Waals surface area contributed by atoms with Crippen molar-refractivity contribution in [1.82, 2.24) is 10.4 Å². The maximum atomic E-state index is 13.6. The fourth-order valence-electron chi connectivity index (χ4n) is 1.85. The number of hydrogen-bond donors (Lipinski definition) is 2. The second-order valence-corrected chi connectivity index (χ2v) is 3.98. The van der Waals surface area contributed by atoms with Crippen LogP contribution in [-0.4, -0.2) is 34.9 Å². The molecule has 1 aliphatic heterocycles. The van der Waals surface area contributed by atoms with Gasteiger partial charge in [-0.25, -0.2) is 24.0 Å². The van der Waals surface area contributed by atoms with Gasteiger partial charge in [-0.1, -0.05) is 0 Å². The number of ether oxygens (including phenoxy) is 1. The van der Waals surface area contributed by atoms with Gasteiger partial charge in [-0.15, -0.1) is 0 Å². The number of esters is 1. The first kappa shape index (κ1) is 13.6. The monoisotopic (exact) mass is 273 g/mol. The molecule has 0 radical (unpaired) electrons. The van der Waals surface area contributed by atoms with Crippen molar-refractivity contribution in [3.05, 3.63) is 23.9 Å². The van der Waals surface area contributed by atoms with Crippen molar-refractivity contribution in [2.75, 3.05) is 11.6 Å². The Labute approximate surface area is 108 Å². The van der Waals surface area contributed by atoms with Crippen LogP contribution >= 0.6 is 0 Å². The molecule has 1 fully saturated rings. The van der Waals surface area contributed by atoms with E-state index >= 15 is 0 Å². The molecule has 2 N–H and O–H groups in total. The maximum absolute atomic E-state index is 13.6. The Morgan fingerprint density at radius 3 is 3.05 bits per heavy atom. The quantitative estimate of drug-likeness (QED) is 0.773. The zero-order chi connectivity index (χ0) is 14.0. The number of aliphatic hydroxyl groups is 1. The van der Waals surface area contributed by atoms with Crippen molar-refractivity contribution >= 4 is 11.8 Å². The molecule has 2 unspecified atom stereocenters. The summed E-state index contributed by atoms with van der Waals surface area (Å²) in [4.78, 5) is 15.3. The standard InChI is InChI=1S/C11H13F2N3O3/c1-2-19-11(18)8-4-9(17)15-16(8)10-7(13)3-6(12)5-14-10/h3,5,8-9,15,17H,2,4H2,1H3. The summed E-state index contributed by atoms with van der Waals surface area (Å²) in [6, 6.07) is -0.265. The molecule has 0 aromatic carbocycles. The Hall–Kier alpha value is -1.80. The van der Waals surface area contributed by atoms with E-state index in [9.17, 15) is 18.7 Å². The molecule has 104 valence electrons. The molecule has 19 heavy (non-hydrogen) atoms. The van der Waals surface area contributed by atoms with Gasteiger partial charge in [-0.2, -0.15) is 0 Å². The summed E-state index contributed by atoms with van der Waals surface area (Å²) >= 11 is 0. The summed E-state index contributed by atoms with van der Waals surface area (Å²) in [6.45, 7) is 1.80. The van der Waals surface area contributed by atoms with Crippen molar-refractivity contribution in [3.8, 4) is 0 Å². The Morgan fingerprint density at radius 1 is 1.68 bits per heavy atom. The summed E-state index contributed by atoms with van der Waals surface area (Å²) < 4.78 is 31.3. The number of anilines is 1. The van der Waals surface area contributed by atoms with Gasteiger partial charge in [-0.3, -0.25) is 5.01 Å². The van der Waals surface area contributed by atoms with Gasteiger partial charge in [-0.05, 0) is 6.92 Å². The maximum Gasteiger partial charge on any atom is 0.330 e. The molecule has 1 aromatic rings. The average Bonchev–Trinajstić information content (AvgIpc) is 2.71. The number of halogens is 2. The lowest BCUT2D eigenvalue weighted by Crippen LogP contribution is -2.44. The van der Waals surface area contributed by atoms with E-state index in [1.54, 1.807) is 6.92 Å². The van der Waals surface area contributed by atoms with Crippen molar-refractivity contribution in [2.24, 2.45) is 0 Å². The van der Waals surface area contributed by atoms with Crippen LogP contribution < -0.4 is 10.4 Å². The lowest BCUT2D eigenvalue weighted by molar-refractivity contribution is -0.144. The lowest BCUT2D eigenvalue weighted by Gasteiger charge is -2.23. The lowest BCUT2D eigenvalue weighted by atomic mass is 10.2. The van der Waals surface area contributed by atoms with Gasteiger partial charge in [0, 0.05) is 12.5 Å². The molecule has 2 rings (SSSR count). The minimum atomic E-state index is -1.03. The minimum absolute atomic E-state index is 0.0251. The summed E-state index contributed by atoms with van der Waals surface area (Å²) in [5, 5.41) is 10.6. The Balaban J connectivity index is 2.27. The Kier molecular flexibility index (Phi) is 3.91. The fourth-order valence-corrected chi connectivity index (χ4v) is 1.85. The topological polar surface area (TPSA) is 74.7 Å². The zero-order valence-electron chi connectivity index (χ0n) is 10.1. The van der Waals surface area contributed by atoms with Crippen LogP contribution in [0.1, 0.15) is 13.3 Å². The van der Waals surface area contributed by atoms with Gasteiger partial charge in [0.2, 0.25) is 0 Å². The number of pyridine rings is 1. The first-order valence-electron chi connectivity index (χ1n) is 5.74. The molecule has 1 aliphatic rings. The van der Waals surface area contributed by atoms with Crippen molar-refractivity contribution in [2.45, 2.75) is 25.6 Å². The van der Waals surface area contributed by atoms with E-state index < -0.39 is 29.9 Å². The molecule has 1 saturated heterocycles. The highest BCUT2D eigenvalue weighted by Gasteiger charge is 2.39. The third-order valence-corrected chi connectivity index (χ3v) is 2.62. The summed E-state index contributed by atoms with van der Waals surface area (Å²) in [6.07, 6.45) is -0.176. The van der Waals surface area contributed by atoms with Crippen molar-refractivity contribution in [1.29, 1.82) is 0 Å². The van der Waals surface area contributed by atoms with Crippen LogP contribution in [-0.2, 0) is 9.53 Å². The third-order valence-electron chi connectivity index (χ3n) is 2.62. The van der Waals surface area contributed by atoms with E-state index in [1.165, 1.54) is 0 Å². The third kappa shape index (κ3) is 2.79. The van der Waals surface area contributed by atoms with Gasteiger partial charge in [0.15, 0.2) is 11.6 Å². The largest absolute Gasteiger partial charge is 0.464 e. The molecule has 8 heteroatoms. The first-order valence-corrected chi connectivity index (χ1v) is 5.74. The minimum Gasteiger partial charge on any atom is -0.464 e. The van der Waals surface area contributed by atoms with Gasteiger partial charge in [0.25, 0.3) is 0 Å². The molecule has 1 aromatic heterocycles. The van der Waals surface area contributed by atoms with E-state index in [-0.39, 0.29) is 18.8 Å². The highest BCUT2D eigenvalue weighted by atomic mass is 19.1. The zero-order valence-corrected chi connectivity index (χ0v) is 10.1. The number of carbonyl (C=O) groups is 1. The van der Waals surface area contributed by atoms with E-state index in [4.69, 9.17) is 4.74 Å². The van der Waals surface area contributed by atoms with Crippen molar-refractivity contribution < 1.29 is 23.4 Å². The molecule has 6 nitrogen and oxygen atoms in total. The van der Waals surface area contributed by atoms with Crippen LogP contribution in [0.3, 0.4) is 0 Å². The predicted molar refractivity (Wildman–Crippen MR) is 60.8 cm³/mol. The number of aliphatic hydroxyl groups excluding tert-OH is 1. The van der Waals surface area contributed by atoms with Crippen molar-refractivity contribution in [3.63, 3.8) is 0 Å². The number of nitrogens with one attached hydrogen (secondary N) is 1. The first-order chi connectivity index (χ1) is 9.02. The van der Waals surface area contributed by atoms with E-state index in [0.29, 0.717) is 6.07 Å². The van der Waals surface area contributed by atoms with Gasteiger partial charge in [0.05, 0.1) is 12.8 Å². The molecule has 0 bridgehead atoms. The number of nitrogens with zero attached hydrogens (tertiary/aromatic N) is 2. The SMILES string of the molecule is CCOC(=O)C1CC(O)NN1c1ncc(F)cc1F. The highest BCUT2D eigenvalue weighted by molar-refractivity contribution is 5.80. The van der Waals surface area contributed by atoms with E-state index in [1.807, 2.05) is 0 Å². The smallest absolute Gasteiger partial charge is 0.330 e. The number of hydrazine groups is 1. The Bertz CT molecular complexity index is 486. The van der Waals surface area contributed by atoms with Crippen LogP contribution in [0.4, 0.5) is 14.6 Å². The van der Waals surface area contributed by atoms with Crippen LogP contribution in [0, 0.1) is 11.6 Å². The predicted octanol–water partition coefficient (Wildman–Crippen LogP) is 0.325. The summed E-state index contributed by atoms with van der Waals surface area (Å²) in [5.41, 5.74) is 2.48. The fraction of sp³-hybridized carbons (Fsp3) is 0.455. The van der Waals surface area contributed by atoms with Crippen LogP contribution in [0.25, 0.3) is 0 Å². The number of rotatable bonds is 3. The van der Waals surface area contributed by atoms with Crippen LogP contribution in [0.5, 0.6) is 0 Å². The molecule has 2 atom stereocenters.